The molecule has 0 unspecified atom stereocenters. The maximum absolute atomic E-state index is 12.6. The Hall–Kier alpha value is -3.55. The van der Waals surface area contributed by atoms with Crippen LogP contribution in [0.15, 0.2) is 47.0 Å². The van der Waals surface area contributed by atoms with E-state index in [1.165, 1.54) is 0 Å². The highest BCUT2D eigenvalue weighted by Crippen LogP contribution is 2.28. The van der Waals surface area contributed by atoms with Crippen LogP contribution in [0.3, 0.4) is 0 Å². The molecule has 8 nitrogen and oxygen atoms in total. The van der Waals surface area contributed by atoms with Gasteiger partial charge in [-0.1, -0.05) is 38.1 Å². The maximum Gasteiger partial charge on any atom is 0.270 e. The molecule has 2 N–H and O–H groups in total. The van der Waals surface area contributed by atoms with Crippen LogP contribution in [-0.2, 0) is 4.79 Å². The second-order valence-corrected chi connectivity index (χ2v) is 7.54. The number of nitrogens with two attached hydrogens (primary N) is 1. The van der Waals surface area contributed by atoms with E-state index in [-0.39, 0.29) is 23.5 Å². The number of rotatable bonds is 6. The molecule has 0 bridgehead atoms. The lowest BCUT2D eigenvalue weighted by molar-refractivity contribution is -0.135. The second kappa shape index (κ2) is 9.07. The minimum absolute atomic E-state index is 0.0919. The lowest BCUT2D eigenvalue weighted by Gasteiger charge is -2.29. The second-order valence-electron chi connectivity index (χ2n) is 7.54. The van der Waals surface area contributed by atoms with Crippen molar-refractivity contribution >= 4 is 17.3 Å². The highest BCUT2D eigenvalue weighted by molar-refractivity contribution is 5.80. The van der Waals surface area contributed by atoms with Crippen molar-refractivity contribution in [3.05, 3.63) is 48.3 Å². The third-order valence-electron chi connectivity index (χ3n) is 5.63. The molecule has 1 aromatic carbocycles. The highest BCUT2D eigenvalue weighted by Gasteiger charge is 2.24. The number of carbonyl (C=O) groups is 1. The summed E-state index contributed by atoms with van der Waals surface area (Å²) in [6.07, 6.45) is 6.13. The van der Waals surface area contributed by atoms with Gasteiger partial charge < -0.3 is 15.1 Å². The van der Waals surface area contributed by atoms with Crippen LogP contribution in [0.4, 0.5) is 5.82 Å². The average Bonchev–Trinajstić information content (AvgIpc) is 3.31. The molecule has 0 fully saturated rings. The molecule has 4 rings (SSSR count). The van der Waals surface area contributed by atoms with E-state index >= 15 is 0 Å². The van der Waals surface area contributed by atoms with E-state index in [0.29, 0.717) is 36.8 Å². The quantitative estimate of drug-likeness (QED) is 0.647. The van der Waals surface area contributed by atoms with Gasteiger partial charge in [0.15, 0.2) is 11.5 Å². The number of anilines is 1. The third-order valence-corrected chi connectivity index (χ3v) is 5.63. The monoisotopic (exact) mass is 418 g/mol. The van der Waals surface area contributed by atoms with Crippen molar-refractivity contribution in [2.75, 3.05) is 18.8 Å². The summed E-state index contributed by atoms with van der Waals surface area (Å²) in [4.78, 5) is 23.5. The molecular weight excluding hydrogens is 392 g/mol. The Morgan fingerprint density at radius 3 is 2.58 bits per heavy atom. The van der Waals surface area contributed by atoms with Gasteiger partial charge in [0.1, 0.15) is 0 Å². The molecule has 1 aliphatic rings. The van der Waals surface area contributed by atoms with E-state index in [9.17, 15) is 4.79 Å². The minimum Gasteiger partial charge on any atom is -0.414 e. The molecule has 0 atom stereocenters. The van der Waals surface area contributed by atoms with E-state index in [4.69, 9.17) is 10.2 Å². The smallest absolute Gasteiger partial charge is 0.270 e. The van der Waals surface area contributed by atoms with Crippen LogP contribution in [0.2, 0.25) is 0 Å². The molecule has 2 aromatic heterocycles. The summed E-state index contributed by atoms with van der Waals surface area (Å²) < 4.78 is 5.80. The van der Waals surface area contributed by atoms with Crippen LogP contribution in [-0.4, -0.2) is 44.1 Å². The molecule has 0 spiro atoms. The normalized spacial score (nSPS) is 14.0. The fourth-order valence-electron chi connectivity index (χ4n) is 3.72. The number of amides is 1. The number of nitrogen functional groups attached to an aromatic ring is 1. The Labute approximate surface area is 181 Å². The van der Waals surface area contributed by atoms with E-state index in [1.54, 1.807) is 6.20 Å². The van der Waals surface area contributed by atoms with Crippen LogP contribution in [0.1, 0.15) is 38.8 Å². The van der Waals surface area contributed by atoms with Gasteiger partial charge in [0, 0.05) is 24.6 Å². The summed E-state index contributed by atoms with van der Waals surface area (Å²) in [6.45, 7) is 5.36. The number of hydrogen-bond acceptors (Lipinski definition) is 7. The third kappa shape index (κ3) is 4.33. The van der Waals surface area contributed by atoms with Gasteiger partial charge >= 0.3 is 0 Å². The van der Waals surface area contributed by atoms with E-state index in [0.717, 1.165) is 24.0 Å². The van der Waals surface area contributed by atoms with Crippen LogP contribution in [0, 0.1) is 5.92 Å². The zero-order valence-corrected chi connectivity index (χ0v) is 17.8. The number of nitrogens with zero attached hydrogens (tertiary/aromatic N) is 5. The molecule has 8 heteroatoms. The van der Waals surface area contributed by atoms with Crippen molar-refractivity contribution in [2.45, 2.75) is 33.1 Å². The molecule has 3 aromatic rings. The van der Waals surface area contributed by atoms with Crippen LogP contribution >= 0.6 is 0 Å². The SMILES string of the molecule is CCC(CC)C(=O)N1CC=C(c2cnc(N)c(-c3nnc(-c4ccccc4)o3)n2)CC1. The van der Waals surface area contributed by atoms with Gasteiger partial charge in [0.25, 0.3) is 5.89 Å². The molecule has 0 saturated heterocycles. The van der Waals surface area contributed by atoms with Crippen LogP contribution in [0.5, 0.6) is 0 Å². The van der Waals surface area contributed by atoms with Crippen molar-refractivity contribution in [1.29, 1.82) is 0 Å². The number of hydrogen-bond donors (Lipinski definition) is 1. The summed E-state index contributed by atoms with van der Waals surface area (Å²) in [5.41, 5.74) is 8.98. The fourth-order valence-corrected chi connectivity index (χ4v) is 3.72. The molecule has 0 aliphatic carbocycles. The van der Waals surface area contributed by atoms with Crippen molar-refractivity contribution < 1.29 is 9.21 Å². The van der Waals surface area contributed by atoms with Gasteiger partial charge in [-0.2, -0.15) is 0 Å². The molecule has 0 radical (unpaired) electrons. The van der Waals surface area contributed by atoms with E-state index in [1.807, 2.05) is 41.3 Å². The Kier molecular flexibility index (Phi) is 6.06. The zero-order chi connectivity index (χ0) is 21.8. The fraction of sp³-hybridized carbons (Fsp3) is 0.348. The van der Waals surface area contributed by atoms with Crippen molar-refractivity contribution in [3.63, 3.8) is 0 Å². The van der Waals surface area contributed by atoms with Gasteiger partial charge in [0.2, 0.25) is 11.8 Å². The zero-order valence-electron chi connectivity index (χ0n) is 17.8. The van der Waals surface area contributed by atoms with Crippen molar-refractivity contribution in [1.82, 2.24) is 25.1 Å². The summed E-state index contributed by atoms with van der Waals surface area (Å²) in [5, 5.41) is 8.22. The molecule has 1 aliphatic heterocycles. The standard InChI is InChI=1S/C23H26N6O2/c1-3-15(4-2)23(30)29-12-10-16(11-13-29)18-14-25-20(24)19(26-18)22-28-27-21(31-22)17-8-6-5-7-9-17/h5-10,14-15H,3-4,11-13H2,1-2H3,(H2,24,25). The van der Waals surface area contributed by atoms with Crippen molar-refractivity contribution in [3.8, 4) is 23.0 Å². The van der Waals surface area contributed by atoms with Gasteiger partial charge in [-0.3, -0.25) is 4.79 Å². The summed E-state index contributed by atoms with van der Waals surface area (Å²) >= 11 is 0. The summed E-state index contributed by atoms with van der Waals surface area (Å²) in [6, 6.07) is 9.51. The van der Waals surface area contributed by atoms with Gasteiger partial charge in [-0.15, -0.1) is 10.2 Å². The van der Waals surface area contributed by atoms with Gasteiger partial charge in [-0.05, 0) is 37.0 Å². The van der Waals surface area contributed by atoms with E-state index in [2.05, 4.69) is 34.0 Å². The lowest BCUT2D eigenvalue weighted by atomic mass is 9.99. The Bertz CT molecular complexity index is 1090. The Balaban J connectivity index is 1.55. The average molecular weight is 419 g/mol. The first-order chi connectivity index (χ1) is 15.1. The predicted octanol–water partition coefficient (Wildman–Crippen LogP) is 3.83. The first kappa shape index (κ1) is 20.7. The first-order valence-electron chi connectivity index (χ1n) is 10.6. The number of carbonyl (C=O) groups excluding carboxylic acids is 1. The Morgan fingerprint density at radius 2 is 1.90 bits per heavy atom. The highest BCUT2D eigenvalue weighted by atomic mass is 16.4. The molecule has 3 heterocycles. The molecule has 160 valence electrons. The molecule has 31 heavy (non-hydrogen) atoms. The van der Waals surface area contributed by atoms with Gasteiger partial charge in [0.05, 0.1) is 11.9 Å². The molecular formula is C23H26N6O2. The Morgan fingerprint density at radius 1 is 1.16 bits per heavy atom. The molecule has 0 saturated carbocycles. The number of benzene rings is 1. The predicted molar refractivity (Wildman–Crippen MR) is 118 cm³/mol. The van der Waals surface area contributed by atoms with Gasteiger partial charge in [-0.25, -0.2) is 9.97 Å². The van der Waals surface area contributed by atoms with Crippen molar-refractivity contribution in [2.24, 2.45) is 5.92 Å². The lowest BCUT2D eigenvalue weighted by Crippen LogP contribution is -2.38. The van der Waals surface area contributed by atoms with E-state index < -0.39 is 0 Å². The van der Waals surface area contributed by atoms with Crippen LogP contribution in [0.25, 0.3) is 28.6 Å². The summed E-state index contributed by atoms with van der Waals surface area (Å²) in [5.74, 6) is 1.18. The maximum atomic E-state index is 12.6. The topological polar surface area (TPSA) is 111 Å². The minimum atomic E-state index is 0.0919. The largest absolute Gasteiger partial charge is 0.414 e. The van der Waals surface area contributed by atoms with Crippen LogP contribution < -0.4 is 5.73 Å². The summed E-state index contributed by atoms with van der Waals surface area (Å²) in [7, 11) is 0. The number of aromatic nitrogens is 4. The molecule has 1 amide bonds. The first-order valence-corrected chi connectivity index (χ1v) is 10.6.